The molecule has 2 rings (SSSR count). The van der Waals surface area contributed by atoms with Crippen molar-refractivity contribution >= 4 is 22.6 Å². The second-order valence-electron chi connectivity index (χ2n) is 6.38. The Morgan fingerprint density at radius 2 is 1.85 bits per heavy atom. The Morgan fingerprint density at radius 3 is 2.35 bits per heavy atom. The number of ether oxygens (including phenoxy) is 1. The fraction of sp³-hybridized carbons (Fsp3) is 0.562. The summed E-state index contributed by atoms with van der Waals surface area (Å²) in [6.07, 6.45) is 0.122. The fourth-order valence-corrected chi connectivity index (χ4v) is 2.56. The second kappa shape index (κ2) is 5.28. The number of aromatic nitrogens is 2. The van der Waals surface area contributed by atoms with E-state index in [1.165, 1.54) is 0 Å². The topological polar surface area (TPSA) is 27.1 Å². The van der Waals surface area contributed by atoms with Gasteiger partial charge in [0.2, 0.25) is 0 Å². The molecule has 0 bridgehead atoms. The van der Waals surface area contributed by atoms with Crippen LogP contribution in [0, 0.1) is 0 Å². The molecule has 0 aliphatic heterocycles. The average Bonchev–Trinajstić information content (AvgIpc) is 2.68. The van der Waals surface area contributed by atoms with E-state index in [2.05, 4.69) is 31.4 Å². The summed E-state index contributed by atoms with van der Waals surface area (Å²) in [7, 11) is 0. The second-order valence-corrected chi connectivity index (χ2v) is 7.04. The lowest BCUT2D eigenvalue weighted by molar-refractivity contribution is 0.245. The SMILES string of the molecule is CC(C)Oc1cccc2c1nc(C(C)Cl)n2C(C)(C)C. The molecule has 2 aromatic rings. The van der Waals surface area contributed by atoms with Crippen LogP contribution in [0.3, 0.4) is 0 Å². The molecular formula is C16H23ClN2O. The smallest absolute Gasteiger partial charge is 0.147 e. The van der Waals surface area contributed by atoms with Gasteiger partial charge in [0.05, 0.1) is 17.0 Å². The molecule has 0 aliphatic carbocycles. The van der Waals surface area contributed by atoms with Gasteiger partial charge in [0, 0.05) is 5.54 Å². The van der Waals surface area contributed by atoms with Crippen molar-refractivity contribution < 1.29 is 4.74 Å². The van der Waals surface area contributed by atoms with Crippen LogP contribution in [-0.2, 0) is 5.54 Å². The van der Waals surface area contributed by atoms with Crippen LogP contribution in [0.25, 0.3) is 11.0 Å². The molecule has 110 valence electrons. The Hall–Kier alpha value is -1.22. The van der Waals surface area contributed by atoms with E-state index in [0.717, 1.165) is 22.6 Å². The molecule has 0 spiro atoms. The monoisotopic (exact) mass is 294 g/mol. The molecule has 1 aromatic heterocycles. The minimum atomic E-state index is -0.145. The Labute approximate surface area is 125 Å². The van der Waals surface area contributed by atoms with E-state index in [1.807, 2.05) is 32.9 Å². The molecular weight excluding hydrogens is 272 g/mol. The Kier molecular flexibility index (Phi) is 4.01. The Bertz CT molecular complexity index is 609. The minimum absolute atomic E-state index is 0.0797. The number of imidazole rings is 1. The number of hydrogen-bond acceptors (Lipinski definition) is 2. The van der Waals surface area contributed by atoms with E-state index >= 15 is 0 Å². The third-order valence-corrected chi connectivity index (χ3v) is 3.26. The van der Waals surface area contributed by atoms with Crippen molar-refractivity contribution in [2.45, 2.75) is 58.6 Å². The number of alkyl halides is 1. The summed E-state index contributed by atoms with van der Waals surface area (Å²) in [6, 6.07) is 6.04. The molecule has 0 amide bonds. The van der Waals surface area contributed by atoms with Gasteiger partial charge < -0.3 is 9.30 Å². The molecule has 0 saturated heterocycles. The highest BCUT2D eigenvalue weighted by Gasteiger charge is 2.25. The molecule has 0 aliphatic rings. The van der Waals surface area contributed by atoms with E-state index in [9.17, 15) is 0 Å². The van der Waals surface area contributed by atoms with E-state index < -0.39 is 0 Å². The van der Waals surface area contributed by atoms with Crippen molar-refractivity contribution in [3.8, 4) is 5.75 Å². The van der Waals surface area contributed by atoms with Crippen molar-refractivity contribution in [3.05, 3.63) is 24.0 Å². The summed E-state index contributed by atoms with van der Waals surface area (Å²) in [6.45, 7) is 12.5. The zero-order valence-electron chi connectivity index (χ0n) is 13.1. The largest absolute Gasteiger partial charge is 0.489 e. The number of nitrogens with zero attached hydrogens (tertiary/aromatic N) is 2. The minimum Gasteiger partial charge on any atom is -0.489 e. The summed E-state index contributed by atoms with van der Waals surface area (Å²) in [5.41, 5.74) is 1.88. The van der Waals surface area contributed by atoms with Gasteiger partial charge in [0.1, 0.15) is 17.1 Å². The van der Waals surface area contributed by atoms with Crippen LogP contribution in [0.15, 0.2) is 18.2 Å². The first kappa shape index (κ1) is 15.2. The first-order chi connectivity index (χ1) is 9.21. The first-order valence-electron chi connectivity index (χ1n) is 7.04. The van der Waals surface area contributed by atoms with E-state index in [1.54, 1.807) is 0 Å². The lowest BCUT2D eigenvalue weighted by Crippen LogP contribution is -2.24. The summed E-state index contributed by atoms with van der Waals surface area (Å²) >= 11 is 6.32. The van der Waals surface area contributed by atoms with Crippen molar-refractivity contribution in [1.82, 2.24) is 9.55 Å². The highest BCUT2D eigenvalue weighted by molar-refractivity contribution is 6.20. The molecule has 1 atom stereocenters. The van der Waals surface area contributed by atoms with Gasteiger partial charge in [0.15, 0.2) is 0 Å². The number of fused-ring (bicyclic) bond motifs is 1. The van der Waals surface area contributed by atoms with Gasteiger partial charge in [-0.3, -0.25) is 0 Å². The molecule has 20 heavy (non-hydrogen) atoms. The summed E-state index contributed by atoms with van der Waals surface area (Å²) in [5, 5.41) is -0.145. The van der Waals surface area contributed by atoms with Crippen LogP contribution in [0.4, 0.5) is 0 Å². The van der Waals surface area contributed by atoms with Gasteiger partial charge in [-0.05, 0) is 53.7 Å². The third kappa shape index (κ3) is 2.78. The molecule has 4 heteroatoms. The van der Waals surface area contributed by atoms with Crippen LogP contribution in [-0.4, -0.2) is 15.7 Å². The number of halogens is 1. The zero-order chi connectivity index (χ0) is 15.1. The van der Waals surface area contributed by atoms with Gasteiger partial charge in [-0.25, -0.2) is 4.98 Å². The number of rotatable bonds is 3. The normalized spacial score (nSPS) is 14.0. The van der Waals surface area contributed by atoms with Crippen LogP contribution >= 0.6 is 11.6 Å². The van der Waals surface area contributed by atoms with Gasteiger partial charge >= 0.3 is 0 Å². The molecule has 3 nitrogen and oxygen atoms in total. The third-order valence-electron chi connectivity index (χ3n) is 3.06. The number of para-hydroxylation sites is 1. The maximum atomic E-state index is 6.32. The van der Waals surface area contributed by atoms with Gasteiger partial charge in [-0.2, -0.15) is 0 Å². The first-order valence-corrected chi connectivity index (χ1v) is 7.48. The molecule has 1 aromatic carbocycles. The molecule has 0 fully saturated rings. The number of hydrogen-bond donors (Lipinski definition) is 0. The summed E-state index contributed by atoms with van der Waals surface area (Å²) < 4.78 is 8.07. The average molecular weight is 295 g/mol. The van der Waals surface area contributed by atoms with Crippen molar-refractivity contribution in [2.75, 3.05) is 0 Å². The van der Waals surface area contributed by atoms with Crippen molar-refractivity contribution in [3.63, 3.8) is 0 Å². The van der Waals surface area contributed by atoms with Crippen molar-refractivity contribution in [2.24, 2.45) is 0 Å². The maximum absolute atomic E-state index is 6.32. The van der Waals surface area contributed by atoms with E-state index in [4.69, 9.17) is 21.3 Å². The molecule has 0 radical (unpaired) electrons. The van der Waals surface area contributed by atoms with Crippen molar-refractivity contribution in [1.29, 1.82) is 0 Å². The summed E-state index contributed by atoms with van der Waals surface area (Å²) in [5.74, 6) is 1.70. The van der Waals surface area contributed by atoms with Crippen LogP contribution in [0.2, 0.25) is 0 Å². The van der Waals surface area contributed by atoms with Crippen LogP contribution in [0.1, 0.15) is 52.7 Å². The lowest BCUT2D eigenvalue weighted by Gasteiger charge is -2.25. The predicted octanol–water partition coefficient (Wildman–Crippen LogP) is 4.88. The van der Waals surface area contributed by atoms with Crippen LogP contribution in [0.5, 0.6) is 5.75 Å². The molecule has 0 saturated carbocycles. The lowest BCUT2D eigenvalue weighted by atomic mass is 10.1. The Balaban J connectivity index is 2.74. The van der Waals surface area contributed by atoms with Gasteiger partial charge in [-0.1, -0.05) is 6.07 Å². The van der Waals surface area contributed by atoms with E-state index in [-0.39, 0.29) is 17.0 Å². The van der Waals surface area contributed by atoms with Crippen LogP contribution < -0.4 is 4.74 Å². The van der Waals surface area contributed by atoms with Gasteiger partial charge in [0.25, 0.3) is 0 Å². The quantitative estimate of drug-likeness (QED) is 0.755. The van der Waals surface area contributed by atoms with E-state index in [0.29, 0.717) is 0 Å². The highest BCUT2D eigenvalue weighted by Crippen LogP contribution is 2.34. The standard InChI is InChI=1S/C16H23ClN2O/c1-10(2)20-13-9-7-8-12-14(13)18-15(11(3)17)19(12)16(4,5)6/h7-11H,1-6H3. The maximum Gasteiger partial charge on any atom is 0.147 e. The van der Waals surface area contributed by atoms with Gasteiger partial charge in [-0.15, -0.1) is 11.6 Å². The zero-order valence-corrected chi connectivity index (χ0v) is 13.8. The summed E-state index contributed by atoms with van der Waals surface area (Å²) in [4.78, 5) is 4.74. The highest BCUT2D eigenvalue weighted by atomic mass is 35.5. The Morgan fingerprint density at radius 1 is 1.20 bits per heavy atom. The predicted molar refractivity (Wildman–Crippen MR) is 84.8 cm³/mol. The number of benzene rings is 1. The fourth-order valence-electron chi connectivity index (χ4n) is 2.41. The molecule has 1 heterocycles. The molecule has 0 N–H and O–H groups in total. The molecule has 1 unspecified atom stereocenters.